The van der Waals surface area contributed by atoms with Crippen molar-refractivity contribution in [2.24, 2.45) is 0 Å². The maximum Gasteiger partial charge on any atom is 0.352 e. The van der Waals surface area contributed by atoms with Gasteiger partial charge in [-0.25, -0.2) is 4.79 Å². The number of rotatable bonds is 10. The van der Waals surface area contributed by atoms with Gasteiger partial charge in [-0.15, -0.1) is 6.42 Å². The lowest BCUT2D eigenvalue weighted by Gasteiger charge is -2.27. The van der Waals surface area contributed by atoms with Gasteiger partial charge < -0.3 is 19.3 Å². The first-order valence-electron chi connectivity index (χ1n) is 13.4. The standard InChI is InChI=1S/C34H34Cl2N2O3/c1-7-27-13-12-26(19-30(27)35)20-38(28-11-8-10-21(2)16-28)32-24(5)33(34(39)40)37(25(32)6)14-9-15-41-29-17-22(3)31(36)23(4)18-29/h1,8,10-13,16-19H,9,14-15,20H2,2-6H3,(H,39,40). The van der Waals surface area contributed by atoms with Crippen LogP contribution in [0.25, 0.3) is 0 Å². The number of anilines is 2. The Morgan fingerprint density at radius 3 is 2.34 bits per heavy atom. The summed E-state index contributed by atoms with van der Waals surface area (Å²) in [5, 5.41) is 11.5. The third kappa shape index (κ3) is 6.56. The molecule has 0 aliphatic carbocycles. The number of hydrogen-bond donors (Lipinski definition) is 1. The van der Waals surface area contributed by atoms with Gasteiger partial charge in [0.25, 0.3) is 0 Å². The van der Waals surface area contributed by atoms with Gasteiger partial charge in [0.15, 0.2) is 0 Å². The molecule has 7 heteroatoms. The maximum absolute atomic E-state index is 12.5. The second kappa shape index (κ2) is 12.8. The molecule has 0 fully saturated rings. The number of carboxylic acid groups (broad SMARTS) is 1. The second-order valence-corrected chi connectivity index (χ2v) is 11.1. The molecule has 0 amide bonds. The molecule has 1 aromatic heterocycles. The molecule has 0 aliphatic heterocycles. The van der Waals surface area contributed by atoms with Crippen LogP contribution in [0.4, 0.5) is 11.4 Å². The number of aromatic nitrogens is 1. The number of hydrogen-bond acceptors (Lipinski definition) is 3. The zero-order valence-corrected chi connectivity index (χ0v) is 25.5. The SMILES string of the molecule is C#Cc1ccc(CN(c2cccc(C)c2)c2c(C)c(C(=O)O)n(CCCOc3cc(C)c(Cl)c(C)c3)c2C)cc1Cl. The van der Waals surface area contributed by atoms with Crippen LogP contribution in [0.3, 0.4) is 0 Å². The van der Waals surface area contributed by atoms with E-state index in [1.54, 1.807) is 0 Å². The maximum atomic E-state index is 12.5. The Labute approximate surface area is 252 Å². The van der Waals surface area contributed by atoms with Gasteiger partial charge in [-0.05, 0) is 99.7 Å². The van der Waals surface area contributed by atoms with Gasteiger partial charge in [-0.2, -0.15) is 0 Å². The number of ether oxygens (including phenoxy) is 1. The van der Waals surface area contributed by atoms with Gasteiger partial charge in [-0.1, -0.05) is 47.3 Å². The summed E-state index contributed by atoms with van der Waals surface area (Å²) in [5.74, 6) is 2.39. The predicted octanol–water partition coefficient (Wildman–Crippen LogP) is 8.82. The molecule has 0 spiro atoms. The number of benzene rings is 3. The summed E-state index contributed by atoms with van der Waals surface area (Å²) in [4.78, 5) is 14.7. The molecule has 0 saturated heterocycles. The van der Waals surface area contributed by atoms with E-state index >= 15 is 0 Å². The van der Waals surface area contributed by atoms with Crippen molar-refractivity contribution < 1.29 is 14.6 Å². The first-order chi connectivity index (χ1) is 19.5. The summed E-state index contributed by atoms with van der Waals surface area (Å²) < 4.78 is 7.89. The van der Waals surface area contributed by atoms with Crippen molar-refractivity contribution in [3.8, 4) is 18.1 Å². The van der Waals surface area contributed by atoms with Crippen LogP contribution >= 0.6 is 23.2 Å². The molecular formula is C34H34Cl2N2O3. The highest BCUT2D eigenvalue weighted by molar-refractivity contribution is 6.32. The number of carbonyl (C=O) groups is 1. The molecule has 5 nitrogen and oxygen atoms in total. The molecular weight excluding hydrogens is 555 g/mol. The molecule has 212 valence electrons. The number of terminal acetylenes is 1. The molecule has 0 atom stereocenters. The molecule has 1 N–H and O–H groups in total. The third-order valence-electron chi connectivity index (χ3n) is 7.25. The molecule has 0 aliphatic rings. The first-order valence-corrected chi connectivity index (χ1v) is 14.2. The Hall–Kier alpha value is -3.85. The van der Waals surface area contributed by atoms with Crippen molar-refractivity contribution in [3.05, 3.63) is 109 Å². The molecule has 4 aromatic rings. The molecule has 4 rings (SSSR count). The average Bonchev–Trinajstić information content (AvgIpc) is 3.17. The van der Waals surface area contributed by atoms with Crippen molar-refractivity contribution in [2.75, 3.05) is 11.5 Å². The van der Waals surface area contributed by atoms with E-state index < -0.39 is 5.97 Å². The van der Waals surface area contributed by atoms with Gasteiger partial charge in [-0.3, -0.25) is 0 Å². The minimum atomic E-state index is -0.965. The van der Waals surface area contributed by atoms with Crippen molar-refractivity contribution in [1.29, 1.82) is 0 Å². The fraction of sp³-hybridized carbons (Fsp3) is 0.265. The zero-order chi connectivity index (χ0) is 29.8. The molecule has 0 saturated carbocycles. The topological polar surface area (TPSA) is 54.7 Å². The Morgan fingerprint density at radius 2 is 1.73 bits per heavy atom. The van der Waals surface area contributed by atoms with Crippen molar-refractivity contribution in [1.82, 2.24) is 4.57 Å². The fourth-order valence-electron chi connectivity index (χ4n) is 5.29. The Kier molecular flexibility index (Phi) is 9.38. The summed E-state index contributed by atoms with van der Waals surface area (Å²) in [7, 11) is 0. The number of halogens is 2. The van der Waals surface area contributed by atoms with E-state index in [1.807, 2.05) is 87.7 Å². The van der Waals surface area contributed by atoms with Gasteiger partial charge in [0, 0.05) is 40.6 Å². The quantitative estimate of drug-likeness (QED) is 0.148. The van der Waals surface area contributed by atoms with Crippen LogP contribution in [0, 0.1) is 47.0 Å². The van der Waals surface area contributed by atoms with Gasteiger partial charge >= 0.3 is 5.97 Å². The Morgan fingerprint density at radius 1 is 1.02 bits per heavy atom. The van der Waals surface area contributed by atoms with Crippen molar-refractivity contribution in [3.63, 3.8) is 0 Å². The monoisotopic (exact) mass is 588 g/mol. The smallest absolute Gasteiger partial charge is 0.352 e. The van der Waals surface area contributed by atoms with E-state index in [0.29, 0.717) is 42.3 Å². The average molecular weight is 590 g/mol. The molecule has 0 unspecified atom stereocenters. The highest BCUT2D eigenvalue weighted by atomic mass is 35.5. The van der Waals surface area contributed by atoms with Gasteiger partial charge in [0.1, 0.15) is 11.4 Å². The zero-order valence-electron chi connectivity index (χ0n) is 24.0. The van der Waals surface area contributed by atoms with E-state index in [9.17, 15) is 9.90 Å². The Bertz CT molecular complexity index is 1630. The van der Waals surface area contributed by atoms with Crippen LogP contribution in [0.5, 0.6) is 5.75 Å². The molecule has 1 heterocycles. The minimum Gasteiger partial charge on any atom is -0.494 e. The summed E-state index contributed by atoms with van der Waals surface area (Å²) in [6, 6.07) is 17.7. The molecule has 0 radical (unpaired) electrons. The third-order valence-corrected chi connectivity index (χ3v) is 8.16. The number of carboxylic acids is 1. The molecule has 41 heavy (non-hydrogen) atoms. The van der Waals surface area contributed by atoms with E-state index in [2.05, 4.69) is 16.9 Å². The normalized spacial score (nSPS) is 10.9. The van der Waals surface area contributed by atoms with Crippen molar-refractivity contribution >= 4 is 40.5 Å². The highest BCUT2D eigenvalue weighted by Gasteiger charge is 2.27. The minimum absolute atomic E-state index is 0.272. The lowest BCUT2D eigenvalue weighted by molar-refractivity contribution is 0.0683. The highest BCUT2D eigenvalue weighted by Crippen LogP contribution is 2.38. The van der Waals surface area contributed by atoms with Crippen LogP contribution in [-0.4, -0.2) is 22.2 Å². The number of nitrogens with zero attached hydrogens (tertiary/aromatic N) is 2. The summed E-state index contributed by atoms with van der Waals surface area (Å²) in [5.41, 5.74) is 8.27. The van der Waals surface area contributed by atoms with E-state index in [-0.39, 0.29) is 5.69 Å². The second-order valence-electron chi connectivity index (χ2n) is 10.3. The fourth-order valence-corrected chi connectivity index (χ4v) is 5.66. The summed E-state index contributed by atoms with van der Waals surface area (Å²) in [6.45, 7) is 11.2. The van der Waals surface area contributed by atoms with Crippen LogP contribution in [0.1, 0.15) is 56.0 Å². The van der Waals surface area contributed by atoms with Gasteiger partial charge in [0.2, 0.25) is 0 Å². The van der Waals surface area contributed by atoms with Gasteiger partial charge in [0.05, 0.1) is 17.3 Å². The molecule has 3 aromatic carbocycles. The summed E-state index contributed by atoms with van der Waals surface area (Å²) >= 11 is 12.7. The Balaban J connectivity index is 1.68. The first kappa shape index (κ1) is 30.1. The van der Waals surface area contributed by atoms with Crippen LogP contribution in [0.2, 0.25) is 10.0 Å². The molecule has 0 bridgehead atoms. The number of aryl methyl sites for hydroxylation is 3. The van der Waals surface area contributed by atoms with E-state index in [4.69, 9.17) is 34.4 Å². The predicted molar refractivity (Wildman–Crippen MR) is 168 cm³/mol. The van der Waals surface area contributed by atoms with E-state index in [1.165, 1.54) is 0 Å². The lowest BCUT2D eigenvalue weighted by Crippen LogP contribution is -2.18. The summed E-state index contributed by atoms with van der Waals surface area (Å²) in [6.07, 6.45) is 6.20. The largest absolute Gasteiger partial charge is 0.494 e. The van der Waals surface area contributed by atoms with Crippen LogP contribution in [-0.2, 0) is 13.1 Å². The van der Waals surface area contributed by atoms with Crippen LogP contribution < -0.4 is 9.64 Å². The lowest BCUT2D eigenvalue weighted by atomic mass is 10.1. The van der Waals surface area contributed by atoms with Crippen molar-refractivity contribution in [2.45, 2.75) is 54.1 Å². The van der Waals surface area contributed by atoms with E-state index in [0.717, 1.165) is 50.1 Å². The number of aromatic carboxylic acids is 1. The van der Waals surface area contributed by atoms with Crippen LogP contribution in [0.15, 0.2) is 54.6 Å².